The van der Waals surface area contributed by atoms with Gasteiger partial charge in [-0.3, -0.25) is 5.43 Å². The standard InChI is InChI=1S/C21H17N3O2/c25-24(26)17-12-10-16(11-13-17)22-23-21-14-20(15-6-2-1-3-7-15)18-8-4-5-9-19(18)21/h1-14,22,24-25H. The second-order valence-electron chi connectivity index (χ2n) is 5.96. The Bertz CT molecular complexity index is 978. The van der Waals surface area contributed by atoms with E-state index in [2.05, 4.69) is 40.9 Å². The third kappa shape index (κ3) is 3.14. The summed E-state index contributed by atoms with van der Waals surface area (Å²) in [6.45, 7) is 0. The van der Waals surface area contributed by atoms with Gasteiger partial charge in [0.25, 0.3) is 0 Å². The van der Waals surface area contributed by atoms with Gasteiger partial charge in [-0.15, -0.1) is 0 Å². The third-order valence-electron chi connectivity index (χ3n) is 4.30. The fourth-order valence-corrected chi connectivity index (χ4v) is 2.99. The smallest absolute Gasteiger partial charge is 0.163 e. The molecule has 0 radical (unpaired) electrons. The highest BCUT2D eigenvalue weighted by Crippen LogP contribution is 2.32. The van der Waals surface area contributed by atoms with Crippen molar-refractivity contribution < 1.29 is 10.4 Å². The molecule has 0 spiro atoms. The molecule has 3 N–H and O–H groups in total. The molecule has 0 heterocycles. The van der Waals surface area contributed by atoms with E-state index in [9.17, 15) is 5.21 Å². The van der Waals surface area contributed by atoms with Gasteiger partial charge in [-0.05, 0) is 34.9 Å². The molecular formula is C21H17N3O2. The van der Waals surface area contributed by atoms with E-state index in [4.69, 9.17) is 5.21 Å². The lowest BCUT2D eigenvalue weighted by Gasteiger charge is -2.11. The third-order valence-corrected chi connectivity index (χ3v) is 4.30. The predicted molar refractivity (Wildman–Crippen MR) is 102 cm³/mol. The lowest BCUT2D eigenvalue weighted by Crippen LogP contribution is -2.99. The van der Waals surface area contributed by atoms with Gasteiger partial charge in [0.1, 0.15) is 0 Å². The van der Waals surface area contributed by atoms with Crippen LogP contribution in [0.25, 0.3) is 5.57 Å². The van der Waals surface area contributed by atoms with Crippen molar-refractivity contribution in [2.24, 2.45) is 5.10 Å². The molecule has 0 aromatic heterocycles. The van der Waals surface area contributed by atoms with E-state index in [0.717, 1.165) is 33.7 Å². The molecule has 0 aliphatic heterocycles. The zero-order valence-corrected chi connectivity index (χ0v) is 13.9. The summed E-state index contributed by atoms with van der Waals surface area (Å²) in [6, 6.07) is 24.9. The van der Waals surface area contributed by atoms with Crippen LogP contribution in [0.1, 0.15) is 16.7 Å². The van der Waals surface area contributed by atoms with Crippen molar-refractivity contribution in [2.75, 3.05) is 5.43 Å². The first-order valence-electron chi connectivity index (χ1n) is 8.26. The van der Waals surface area contributed by atoms with Crippen LogP contribution in [0, 0.1) is 5.21 Å². The van der Waals surface area contributed by atoms with Gasteiger partial charge in [-0.1, -0.05) is 54.6 Å². The van der Waals surface area contributed by atoms with Crippen LogP contribution in [0.2, 0.25) is 0 Å². The maximum atomic E-state index is 10.9. The lowest BCUT2D eigenvalue weighted by molar-refractivity contribution is -0.991. The number of benzene rings is 3. The van der Waals surface area contributed by atoms with Crippen molar-refractivity contribution in [1.82, 2.24) is 0 Å². The quantitative estimate of drug-likeness (QED) is 0.636. The monoisotopic (exact) mass is 343 g/mol. The molecule has 5 nitrogen and oxygen atoms in total. The Hall–Kier alpha value is -3.25. The molecule has 3 aromatic carbocycles. The average Bonchev–Trinajstić information content (AvgIpc) is 3.06. The van der Waals surface area contributed by atoms with Crippen molar-refractivity contribution in [3.05, 3.63) is 107 Å². The SMILES string of the molecule is [O-][NH+](O)c1ccc(NN=C2C=C(c3ccccc3)c3ccccc32)cc1. The number of nitrogens with zero attached hydrogens (tertiary/aromatic N) is 1. The molecule has 1 atom stereocenters. The number of rotatable bonds is 4. The fourth-order valence-electron chi connectivity index (χ4n) is 2.99. The van der Waals surface area contributed by atoms with E-state index >= 15 is 0 Å². The molecule has 1 unspecified atom stereocenters. The highest BCUT2D eigenvalue weighted by Gasteiger charge is 2.20. The zero-order chi connectivity index (χ0) is 17.9. The second-order valence-corrected chi connectivity index (χ2v) is 5.96. The summed E-state index contributed by atoms with van der Waals surface area (Å²) in [7, 11) is 0. The van der Waals surface area contributed by atoms with E-state index < -0.39 is 5.23 Å². The molecule has 26 heavy (non-hydrogen) atoms. The van der Waals surface area contributed by atoms with Crippen LogP contribution in [0.5, 0.6) is 0 Å². The van der Waals surface area contributed by atoms with Gasteiger partial charge < -0.3 is 5.21 Å². The summed E-state index contributed by atoms with van der Waals surface area (Å²) < 4.78 is 0. The molecular weight excluding hydrogens is 326 g/mol. The van der Waals surface area contributed by atoms with E-state index in [1.54, 1.807) is 24.3 Å². The summed E-state index contributed by atoms with van der Waals surface area (Å²) in [5, 5.41) is 23.5. The number of hydrogen-bond donors (Lipinski definition) is 3. The topological polar surface area (TPSA) is 72.1 Å². The maximum Gasteiger partial charge on any atom is 0.163 e. The molecule has 1 aliphatic rings. The van der Waals surface area contributed by atoms with Gasteiger partial charge in [0.15, 0.2) is 5.69 Å². The summed E-state index contributed by atoms with van der Waals surface area (Å²) in [5.74, 6) is 0. The molecule has 0 bridgehead atoms. The lowest BCUT2D eigenvalue weighted by atomic mass is 9.99. The molecule has 5 heteroatoms. The number of nitrogens with one attached hydrogen (secondary N) is 2. The molecule has 3 aromatic rings. The normalized spacial score (nSPS) is 15.5. The van der Waals surface area contributed by atoms with Gasteiger partial charge in [0.2, 0.25) is 0 Å². The van der Waals surface area contributed by atoms with Gasteiger partial charge >= 0.3 is 0 Å². The molecule has 0 saturated carbocycles. The summed E-state index contributed by atoms with van der Waals surface area (Å²) >= 11 is 0. The number of quaternary nitrogens is 1. The van der Waals surface area contributed by atoms with Crippen LogP contribution >= 0.6 is 0 Å². The molecule has 0 fully saturated rings. The number of hydrazone groups is 1. The van der Waals surface area contributed by atoms with Crippen LogP contribution in [0.4, 0.5) is 11.4 Å². The van der Waals surface area contributed by atoms with Crippen molar-refractivity contribution in [1.29, 1.82) is 0 Å². The molecule has 128 valence electrons. The minimum absolute atomic E-state index is 0.251. The van der Waals surface area contributed by atoms with E-state index in [0.29, 0.717) is 0 Å². The largest absolute Gasteiger partial charge is 0.595 e. The van der Waals surface area contributed by atoms with Gasteiger partial charge in [-0.25, -0.2) is 5.21 Å². The number of allylic oxidation sites excluding steroid dienone is 1. The zero-order valence-electron chi connectivity index (χ0n) is 13.9. The average molecular weight is 343 g/mol. The number of hydrogen-bond acceptors (Lipinski definition) is 4. The highest BCUT2D eigenvalue weighted by molar-refractivity contribution is 6.21. The Morgan fingerprint density at radius 3 is 2.15 bits per heavy atom. The van der Waals surface area contributed by atoms with E-state index in [-0.39, 0.29) is 5.69 Å². The molecule has 1 aliphatic carbocycles. The highest BCUT2D eigenvalue weighted by atomic mass is 16.8. The van der Waals surface area contributed by atoms with Crippen molar-refractivity contribution in [3.8, 4) is 0 Å². The Labute approximate surface area is 151 Å². The van der Waals surface area contributed by atoms with E-state index in [1.807, 2.05) is 30.3 Å². The first-order chi connectivity index (χ1) is 12.7. The minimum atomic E-state index is -0.942. The van der Waals surface area contributed by atoms with Crippen LogP contribution in [-0.2, 0) is 0 Å². The van der Waals surface area contributed by atoms with Crippen LogP contribution in [0.3, 0.4) is 0 Å². The molecule has 0 amide bonds. The minimum Gasteiger partial charge on any atom is -0.595 e. The molecule has 0 saturated heterocycles. The van der Waals surface area contributed by atoms with Crippen molar-refractivity contribution >= 4 is 22.7 Å². The number of fused-ring (bicyclic) bond motifs is 1. The number of anilines is 1. The first kappa shape index (κ1) is 16.2. The Balaban J connectivity index is 1.65. The Morgan fingerprint density at radius 2 is 1.46 bits per heavy atom. The van der Waals surface area contributed by atoms with E-state index in [1.165, 1.54) is 0 Å². The first-order valence-corrected chi connectivity index (χ1v) is 8.26. The molecule has 4 rings (SSSR count). The van der Waals surface area contributed by atoms with Gasteiger partial charge in [0.05, 0.1) is 11.4 Å². The Morgan fingerprint density at radius 1 is 0.808 bits per heavy atom. The van der Waals surface area contributed by atoms with Crippen molar-refractivity contribution in [2.45, 2.75) is 0 Å². The maximum absolute atomic E-state index is 10.9. The van der Waals surface area contributed by atoms with Crippen LogP contribution < -0.4 is 10.7 Å². The fraction of sp³-hybridized carbons (Fsp3) is 0. The van der Waals surface area contributed by atoms with Crippen LogP contribution in [0.15, 0.2) is 90.0 Å². The predicted octanol–water partition coefficient (Wildman–Crippen LogP) is 3.35. The Kier molecular flexibility index (Phi) is 4.33. The summed E-state index contributed by atoms with van der Waals surface area (Å²) in [4.78, 5) is 0. The summed E-state index contributed by atoms with van der Waals surface area (Å²) in [6.07, 6.45) is 2.07. The van der Waals surface area contributed by atoms with Crippen molar-refractivity contribution in [3.63, 3.8) is 0 Å². The van der Waals surface area contributed by atoms with Gasteiger partial charge in [-0.2, -0.15) is 10.3 Å². The second kappa shape index (κ2) is 6.93. The van der Waals surface area contributed by atoms with Gasteiger partial charge in [0, 0.05) is 17.7 Å². The van der Waals surface area contributed by atoms with Crippen LogP contribution in [-0.4, -0.2) is 10.9 Å². The summed E-state index contributed by atoms with van der Waals surface area (Å²) in [5.41, 5.74) is 9.37.